The molecule has 4 aromatic heterocycles. The van der Waals surface area contributed by atoms with Gasteiger partial charge in [0.2, 0.25) is 5.91 Å². The fourth-order valence-corrected chi connectivity index (χ4v) is 3.94. The van der Waals surface area contributed by atoms with Crippen LogP contribution in [-0.2, 0) is 18.0 Å². The molecule has 34 heavy (non-hydrogen) atoms. The Balaban J connectivity index is 1.42. The van der Waals surface area contributed by atoms with E-state index < -0.39 is 17.6 Å². The number of aromatic nitrogens is 5. The van der Waals surface area contributed by atoms with Gasteiger partial charge < -0.3 is 16.8 Å². The van der Waals surface area contributed by atoms with E-state index in [0.717, 1.165) is 18.1 Å². The Kier molecular flexibility index (Phi) is 4.88. The molecule has 174 valence electrons. The van der Waals surface area contributed by atoms with Crippen molar-refractivity contribution in [3.8, 4) is 11.3 Å². The van der Waals surface area contributed by atoms with Crippen molar-refractivity contribution in [2.45, 2.75) is 18.5 Å². The van der Waals surface area contributed by atoms with Crippen LogP contribution in [0.2, 0.25) is 0 Å². The summed E-state index contributed by atoms with van der Waals surface area (Å²) >= 11 is 0. The SMILES string of the molecule is Cn1cc(C2CC2C(=O)Nc2cc3cc(-c4cnc(N)c(C(F)(F)F)c4)nc(N)c3cn2)cn1. The summed E-state index contributed by atoms with van der Waals surface area (Å²) < 4.78 is 41.4. The fraction of sp³-hybridized carbons (Fsp3) is 0.227. The van der Waals surface area contributed by atoms with Gasteiger partial charge in [-0.2, -0.15) is 18.3 Å². The molecule has 1 saturated carbocycles. The van der Waals surface area contributed by atoms with E-state index in [9.17, 15) is 18.0 Å². The number of anilines is 3. The zero-order chi connectivity index (χ0) is 24.2. The Morgan fingerprint density at radius 1 is 1.12 bits per heavy atom. The predicted molar refractivity (Wildman–Crippen MR) is 119 cm³/mol. The highest BCUT2D eigenvalue weighted by Crippen LogP contribution is 2.47. The van der Waals surface area contributed by atoms with Crippen LogP contribution in [0.1, 0.15) is 23.5 Å². The van der Waals surface area contributed by atoms with Crippen molar-refractivity contribution < 1.29 is 18.0 Å². The molecule has 1 aliphatic carbocycles. The van der Waals surface area contributed by atoms with Crippen LogP contribution in [0.5, 0.6) is 0 Å². The van der Waals surface area contributed by atoms with Crippen LogP contribution in [0.15, 0.2) is 43.0 Å². The number of fused-ring (bicyclic) bond motifs is 1. The minimum Gasteiger partial charge on any atom is -0.383 e. The van der Waals surface area contributed by atoms with Crippen molar-refractivity contribution in [1.82, 2.24) is 24.7 Å². The van der Waals surface area contributed by atoms with Crippen LogP contribution in [0, 0.1) is 5.92 Å². The maximum atomic E-state index is 13.2. The second-order valence-electron chi connectivity index (χ2n) is 8.22. The van der Waals surface area contributed by atoms with E-state index in [1.54, 1.807) is 23.0 Å². The summed E-state index contributed by atoms with van der Waals surface area (Å²) in [5.74, 6) is -0.466. The third kappa shape index (κ3) is 3.98. The number of aryl methyl sites for hydroxylation is 1. The highest BCUT2D eigenvalue weighted by molar-refractivity contribution is 5.98. The maximum absolute atomic E-state index is 13.2. The van der Waals surface area contributed by atoms with Gasteiger partial charge in [-0.05, 0) is 41.5 Å². The number of nitrogens with one attached hydrogen (secondary N) is 1. The Morgan fingerprint density at radius 3 is 2.62 bits per heavy atom. The Morgan fingerprint density at radius 2 is 1.91 bits per heavy atom. The summed E-state index contributed by atoms with van der Waals surface area (Å²) in [7, 11) is 1.82. The highest BCUT2D eigenvalue weighted by atomic mass is 19.4. The van der Waals surface area contributed by atoms with E-state index in [1.165, 1.54) is 12.4 Å². The minimum absolute atomic E-state index is 0.0853. The lowest BCUT2D eigenvalue weighted by Gasteiger charge is -2.12. The Labute approximate surface area is 191 Å². The van der Waals surface area contributed by atoms with Gasteiger partial charge in [0.05, 0.1) is 17.5 Å². The van der Waals surface area contributed by atoms with Gasteiger partial charge in [0.1, 0.15) is 17.5 Å². The van der Waals surface area contributed by atoms with E-state index in [4.69, 9.17) is 11.5 Å². The third-order valence-corrected chi connectivity index (χ3v) is 5.80. The van der Waals surface area contributed by atoms with E-state index in [0.29, 0.717) is 16.6 Å². The van der Waals surface area contributed by atoms with Crippen LogP contribution in [-0.4, -0.2) is 30.6 Å². The summed E-state index contributed by atoms with van der Waals surface area (Å²) in [6.07, 6.45) is 2.36. The number of pyridine rings is 3. The lowest BCUT2D eigenvalue weighted by Crippen LogP contribution is -2.15. The molecule has 0 bridgehead atoms. The molecule has 1 aliphatic rings. The van der Waals surface area contributed by atoms with Gasteiger partial charge in [0.25, 0.3) is 0 Å². The lowest BCUT2D eigenvalue weighted by atomic mass is 10.1. The van der Waals surface area contributed by atoms with Crippen LogP contribution >= 0.6 is 0 Å². The molecule has 12 heteroatoms. The Bertz CT molecular complexity index is 1430. The standard InChI is InChI=1S/C22H19F3N8O/c1-33-9-12(7-30-33)13-5-14(13)21(34)32-18-4-10-3-17(31-19(26)15(10)8-28-18)11-2-16(22(23,24)25)20(27)29-6-11/h2-4,6-9,13-14H,5H2,1H3,(H2,26,31)(H2,27,29)(H,28,32,34). The molecule has 1 amide bonds. The average Bonchev–Trinajstić information content (AvgIpc) is 3.46. The van der Waals surface area contributed by atoms with E-state index in [2.05, 4.69) is 25.4 Å². The van der Waals surface area contributed by atoms with Crippen molar-refractivity contribution in [3.63, 3.8) is 0 Å². The molecule has 1 fully saturated rings. The van der Waals surface area contributed by atoms with Crippen molar-refractivity contribution >= 4 is 34.1 Å². The first kappa shape index (κ1) is 21.6. The van der Waals surface area contributed by atoms with Gasteiger partial charge in [-0.3, -0.25) is 9.48 Å². The van der Waals surface area contributed by atoms with Gasteiger partial charge in [-0.15, -0.1) is 0 Å². The first-order chi connectivity index (χ1) is 16.1. The van der Waals surface area contributed by atoms with Crippen molar-refractivity contribution in [2.75, 3.05) is 16.8 Å². The van der Waals surface area contributed by atoms with Gasteiger partial charge in [0, 0.05) is 42.5 Å². The topological polar surface area (TPSA) is 138 Å². The lowest BCUT2D eigenvalue weighted by molar-refractivity contribution is -0.137. The number of carbonyl (C=O) groups is 1. The fourth-order valence-electron chi connectivity index (χ4n) is 3.94. The molecule has 4 heterocycles. The first-order valence-electron chi connectivity index (χ1n) is 10.3. The number of nitrogen functional groups attached to an aromatic ring is 2. The molecule has 5 rings (SSSR count). The largest absolute Gasteiger partial charge is 0.419 e. The van der Waals surface area contributed by atoms with Gasteiger partial charge in [-0.25, -0.2) is 15.0 Å². The number of alkyl halides is 3. The van der Waals surface area contributed by atoms with Gasteiger partial charge in [-0.1, -0.05) is 0 Å². The van der Waals surface area contributed by atoms with Crippen LogP contribution < -0.4 is 16.8 Å². The van der Waals surface area contributed by atoms with E-state index in [-0.39, 0.29) is 34.8 Å². The van der Waals surface area contributed by atoms with Gasteiger partial charge >= 0.3 is 6.18 Å². The Hall–Kier alpha value is -4.22. The number of carbonyl (C=O) groups excluding carboxylic acids is 1. The molecule has 0 saturated heterocycles. The summed E-state index contributed by atoms with van der Waals surface area (Å²) in [6.45, 7) is 0. The van der Waals surface area contributed by atoms with Crippen LogP contribution in [0.25, 0.3) is 22.0 Å². The number of hydrogen-bond acceptors (Lipinski definition) is 7. The van der Waals surface area contributed by atoms with Crippen LogP contribution in [0.3, 0.4) is 0 Å². The minimum atomic E-state index is -4.66. The number of nitrogens with two attached hydrogens (primary N) is 2. The molecule has 5 N–H and O–H groups in total. The summed E-state index contributed by atoms with van der Waals surface area (Å²) in [4.78, 5) is 24.8. The first-order valence-corrected chi connectivity index (χ1v) is 10.3. The zero-order valence-electron chi connectivity index (χ0n) is 17.8. The maximum Gasteiger partial charge on any atom is 0.419 e. The normalized spacial score (nSPS) is 17.6. The number of amides is 1. The zero-order valence-corrected chi connectivity index (χ0v) is 17.8. The number of hydrogen-bond donors (Lipinski definition) is 3. The van der Waals surface area contributed by atoms with Crippen molar-refractivity contribution in [2.24, 2.45) is 13.0 Å². The van der Waals surface area contributed by atoms with E-state index >= 15 is 0 Å². The third-order valence-electron chi connectivity index (χ3n) is 5.80. The molecule has 4 aromatic rings. The molecule has 0 aliphatic heterocycles. The van der Waals surface area contributed by atoms with Crippen molar-refractivity contribution in [1.29, 1.82) is 0 Å². The molecule has 0 aromatic carbocycles. The molecule has 9 nitrogen and oxygen atoms in total. The molecule has 2 unspecified atom stereocenters. The smallest absolute Gasteiger partial charge is 0.383 e. The summed E-state index contributed by atoms with van der Waals surface area (Å²) in [5, 5.41) is 7.99. The summed E-state index contributed by atoms with van der Waals surface area (Å²) in [6, 6.07) is 4.04. The summed E-state index contributed by atoms with van der Waals surface area (Å²) in [5.41, 5.74) is 11.7. The average molecular weight is 468 g/mol. The number of rotatable bonds is 4. The number of nitrogens with zero attached hydrogens (tertiary/aromatic N) is 5. The predicted octanol–water partition coefficient (Wildman–Crippen LogP) is 3.35. The molecule has 0 radical (unpaired) electrons. The molecular formula is C22H19F3N8O. The quantitative estimate of drug-likeness (QED) is 0.418. The highest BCUT2D eigenvalue weighted by Gasteiger charge is 2.44. The molecule has 2 atom stereocenters. The molecule has 0 spiro atoms. The van der Waals surface area contributed by atoms with Crippen molar-refractivity contribution in [3.05, 3.63) is 54.1 Å². The van der Waals surface area contributed by atoms with E-state index in [1.807, 2.05) is 13.2 Å². The monoisotopic (exact) mass is 468 g/mol. The van der Waals surface area contributed by atoms with Crippen LogP contribution in [0.4, 0.5) is 30.6 Å². The second kappa shape index (κ2) is 7.68. The van der Waals surface area contributed by atoms with Gasteiger partial charge in [0.15, 0.2) is 0 Å². The second-order valence-corrected chi connectivity index (χ2v) is 8.22. The molecular weight excluding hydrogens is 449 g/mol. The number of halogens is 3.